The number of benzene rings is 1. The molecule has 1 aromatic carbocycles. The number of likely N-dealkylation sites (tertiary alicyclic amines) is 1. The van der Waals surface area contributed by atoms with Gasteiger partial charge in [-0.3, -0.25) is 4.79 Å². The predicted octanol–water partition coefficient (Wildman–Crippen LogP) is 3.44. The number of halogens is 2. The van der Waals surface area contributed by atoms with E-state index in [2.05, 4.69) is 25.3 Å². The van der Waals surface area contributed by atoms with E-state index in [0.29, 0.717) is 34.8 Å². The summed E-state index contributed by atoms with van der Waals surface area (Å²) in [4.78, 5) is 32.1. The van der Waals surface area contributed by atoms with Crippen molar-refractivity contribution in [2.45, 2.75) is 24.9 Å². The molecule has 0 unspecified atom stereocenters. The van der Waals surface area contributed by atoms with Crippen molar-refractivity contribution in [3.8, 4) is 11.4 Å². The number of hydrogen-bond acceptors (Lipinski definition) is 6. The molecule has 1 saturated carbocycles. The number of aromatic nitrogens is 4. The molecule has 1 aliphatic heterocycles. The van der Waals surface area contributed by atoms with Gasteiger partial charge in [-0.25, -0.2) is 24.3 Å². The summed E-state index contributed by atoms with van der Waals surface area (Å²) in [5, 5.41) is 3.78. The molecule has 30 heavy (non-hydrogen) atoms. The fourth-order valence-corrected chi connectivity index (χ4v) is 4.55. The van der Waals surface area contributed by atoms with E-state index in [1.54, 1.807) is 24.5 Å². The normalized spacial score (nSPS) is 22.3. The summed E-state index contributed by atoms with van der Waals surface area (Å²) >= 11 is 5.86. The first-order valence-electron chi connectivity index (χ1n) is 9.70. The smallest absolute Gasteiger partial charge is 0.255 e. The number of nitrogens with one attached hydrogen (secondary N) is 1. The van der Waals surface area contributed by atoms with Crippen molar-refractivity contribution in [3.05, 3.63) is 65.5 Å². The Morgan fingerprint density at radius 2 is 1.90 bits per heavy atom. The molecule has 7 nitrogen and oxygen atoms in total. The SMILES string of the molecule is O=C(c1cc(F)ccc1-c1ncccn1)N1C[C@H]2C[C@@H](Nc3ncc(Cl)cn3)[C@@H]1C2. The van der Waals surface area contributed by atoms with Crippen molar-refractivity contribution < 1.29 is 9.18 Å². The number of anilines is 1. The molecule has 2 bridgehead atoms. The van der Waals surface area contributed by atoms with Gasteiger partial charge in [-0.05, 0) is 43.0 Å². The Hall–Kier alpha value is -3.13. The topological polar surface area (TPSA) is 83.9 Å². The molecule has 0 spiro atoms. The molecule has 2 aliphatic rings. The van der Waals surface area contributed by atoms with Crippen molar-refractivity contribution in [1.29, 1.82) is 0 Å². The lowest BCUT2D eigenvalue weighted by Gasteiger charge is -2.34. The first kappa shape index (κ1) is 18.9. The molecular formula is C21H18ClFN6O. The zero-order chi connectivity index (χ0) is 20.7. The molecule has 1 N–H and O–H groups in total. The Morgan fingerprint density at radius 3 is 2.63 bits per heavy atom. The summed E-state index contributed by atoms with van der Waals surface area (Å²) in [5.41, 5.74) is 0.797. The number of rotatable bonds is 4. The Morgan fingerprint density at radius 1 is 1.13 bits per heavy atom. The lowest BCUT2D eigenvalue weighted by molar-refractivity contribution is 0.0692. The Kier molecular flexibility index (Phi) is 4.78. The number of hydrogen-bond donors (Lipinski definition) is 1. The highest BCUT2D eigenvalue weighted by molar-refractivity contribution is 6.30. The third-order valence-corrected chi connectivity index (χ3v) is 5.89. The van der Waals surface area contributed by atoms with Gasteiger partial charge in [0.15, 0.2) is 5.82 Å². The first-order valence-corrected chi connectivity index (χ1v) is 10.1. The predicted molar refractivity (Wildman–Crippen MR) is 109 cm³/mol. The van der Waals surface area contributed by atoms with E-state index in [9.17, 15) is 9.18 Å². The lowest BCUT2D eigenvalue weighted by atomic mass is 10.0. The van der Waals surface area contributed by atoms with Gasteiger partial charge in [0.25, 0.3) is 5.91 Å². The highest BCUT2D eigenvalue weighted by Crippen LogP contribution is 2.40. The molecule has 152 valence electrons. The molecule has 9 heteroatoms. The van der Waals surface area contributed by atoms with Gasteiger partial charge >= 0.3 is 0 Å². The highest BCUT2D eigenvalue weighted by atomic mass is 35.5. The third kappa shape index (κ3) is 3.47. The third-order valence-electron chi connectivity index (χ3n) is 5.70. The molecule has 1 amide bonds. The fraction of sp³-hybridized carbons (Fsp3) is 0.286. The number of nitrogens with zero attached hydrogens (tertiary/aromatic N) is 5. The second-order valence-electron chi connectivity index (χ2n) is 7.60. The standard InChI is InChI=1S/C21H18ClFN6O/c22-13-9-26-21(27-10-13)28-17-6-12-7-18(17)29(11-12)20(30)16-8-14(23)2-3-15(16)19-24-4-1-5-25-19/h1-5,8-10,12,17-18H,6-7,11H2,(H,26,27,28)/t12-,17+,18-/m0/s1. The number of piperidine rings is 1. The molecule has 3 heterocycles. The Balaban J connectivity index is 1.42. The van der Waals surface area contributed by atoms with Crippen molar-refractivity contribution in [2.24, 2.45) is 5.92 Å². The summed E-state index contributed by atoms with van der Waals surface area (Å²) in [6.45, 7) is 0.648. The number of fused-ring (bicyclic) bond motifs is 2. The average Bonchev–Trinajstić information content (AvgIpc) is 3.36. The van der Waals surface area contributed by atoms with Crippen LogP contribution in [0.4, 0.5) is 10.3 Å². The van der Waals surface area contributed by atoms with Crippen LogP contribution in [0.3, 0.4) is 0 Å². The molecule has 0 radical (unpaired) electrons. The second-order valence-corrected chi connectivity index (χ2v) is 8.04. The molecular weight excluding hydrogens is 407 g/mol. The Labute approximate surface area is 177 Å². The molecule has 5 rings (SSSR count). The van der Waals surface area contributed by atoms with E-state index >= 15 is 0 Å². The van der Waals surface area contributed by atoms with E-state index in [0.717, 1.165) is 12.8 Å². The van der Waals surface area contributed by atoms with E-state index in [1.807, 2.05) is 4.90 Å². The van der Waals surface area contributed by atoms with Crippen LogP contribution in [0, 0.1) is 11.7 Å². The number of amides is 1. The maximum Gasteiger partial charge on any atom is 0.255 e. The molecule has 2 aromatic heterocycles. The minimum Gasteiger partial charge on any atom is -0.349 e. The van der Waals surface area contributed by atoms with Crippen LogP contribution in [0.1, 0.15) is 23.2 Å². The van der Waals surface area contributed by atoms with Crippen LogP contribution in [-0.4, -0.2) is 49.4 Å². The van der Waals surface area contributed by atoms with Gasteiger partial charge < -0.3 is 10.2 Å². The molecule has 1 aliphatic carbocycles. The molecule has 3 aromatic rings. The fourth-order valence-electron chi connectivity index (χ4n) is 4.45. The van der Waals surface area contributed by atoms with E-state index in [1.165, 1.54) is 24.5 Å². The van der Waals surface area contributed by atoms with Gasteiger partial charge in [0.1, 0.15) is 5.82 Å². The van der Waals surface area contributed by atoms with Crippen LogP contribution in [0.5, 0.6) is 0 Å². The van der Waals surface area contributed by atoms with Gasteiger partial charge in [-0.2, -0.15) is 0 Å². The van der Waals surface area contributed by atoms with Crippen molar-refractivity contribution in [3.63, 3.8) is 0 Å². The summed E-state index contributed by atoms with van der Waals surface area (Å²) in [5.74, 6) is 0.580. The Bertz CT molecular complexity index is 1080. The number of carbonyl (C=O) groups is 1. The minimum absolute atomic E-state index is 0.0189. The van der Waals surface area contributed by atoms with Crippen LogP contribution < -0.4 is 5.32 Å². The first-order chi connectivity index (χ1) is 14.6. The van der Waals surface area contributed by atoms with E-state index in [-0.39, 0.29) is 23.6 Å². The van der Waals surface area contributed by atoms with Crippen LogP contribution in [0.25, 0.3) is 11.4 Å². The van der Waals surface area contributed by atoms with Crippen molar-refractivity contribution >= 4 is 23.5 Å². The van der Waals surface area contributed by atoms with Crippen LogP contribution in [-0.2, 0) is 0 Å². The molecule has 2 fully saturated rings. The van der Waals surface area contributed by atoms with Crippen LogP contribution in [0.15, 0.2) is 49.1 Å². The summed E-state index contributed by atoms with van der Waals surface area (Å²) in [6, 6.07) is 5.85. The van der Waals surface area contributed by atoms with Gasteiger partial charge in [-0.1, -0.05) is 11.6 Å². The summed E-state index contributed by atoms with van der Waals surface area (Å²) in [6.07, 6.45) is 8.09. The monoisotopic (exact) mass is 424 g/mol. The van der Waals surface area contributed by atoms with Crippen molar-refractivity contribution in [1.82, 2.24) is 24.8 Å². The number of carbonyl (C=O) groups excluding carboxylic acids is 1. The summed E-state index contributed by atoms with van der Waals surface area (Å²) < 4.78 is 14.0. The maximum atomic E-state index is 14.0. The highest BCUT2D eigenvalue weighted by Gasteiger charge is 2.47. The quantitative estimate of drug-likeness (QED) is 0.690. The van der Waals surface area contributed by atoms with Gasteiger partial charge in [0, 0.05) is 30.5 Å². The zero-order valence-corrected chi connectivity index (χ0v) is 16.6. The van der Waals surface area contributed by atoms with Crippen LogP contribution >= 0.6 is 11.6 Å². The van der Waals surface area contributed by atoms with Gasteiger partial charge in [0.2, 0.25) is 5.95 Å². The van der Waals surface area contributed by atoms with Crippen molar-refractivity contribution in [2.75, 3.05) is 11.9 Å². The lowest BCUT2D eigenvalue weighted by Crippen LogP contribution is -2.48. The molecule has 1 saturated heterocycles. The second kappa shape index (κ2) is 7.60. The van der Waals surface area contributed by atoms with Crippen LogP contribution in [0.2, 0.25) is 5.02 Å². The van der Waals surface area contributed by atoms with E-state index in [4.69, 9.17) is 11.6 Å². The van der Waals surface area contributed by atoms with Gasteiger partial charge in [-0.15, -0.1) is 0 Å². The van der Waals surface area contributed by atoms with Gasteiger partial charge in [0.05, 0.1) is 29.0 Å². The largest absolute Gasteiger partial charge is 0.349 e. The zero-order valence-electron chi connectivity index (χ0n) is 15.9. The average molecular weight is 425 g/mol. The summed E-state index contributed by atoms with van der Waals surface area (Å²) in [7, 11) is 0. The minimum atomic E-state index is -0.466. The molecule has 3 atom stereocenters. The van der Waals surface area contributed by atoms with E-state index < -0.39 is 5.82 Å². The maximum absolute atomic E-state index is 14.0.